The second-order valence-corrected chi connectivity index (χ2v) is 7.50. The summed E-state index contributed by atoms with van der Waals surface area (Å²) in [6, 6.07) is 17.9. The van der Waals surface area contributed by atoms with Crippen molar-refractivity contribution in [1.29, 1.82) is 5.26 Å². The highest BCUT2D eigenvalue weighted by molar-refractivity contribution is 5.76. The number of ether oxygens (including phenoxy) is 1. The molecule has 1 aliphatic rings. The van der Waals surface area contributed by atoms with E-state index in [4.69, 9.17) is 10.00 Å². The number of nitrogens with one attached hydrogen (secondary N) is 1. The van der Waals surface area contributed by atoms with E-state index < -0.39 is 0 Å². The summed E-state index contributed by atoms with van der Waals surface area (Å²) < 4.78 is 5.28. The van der Waals surface area contributed by atoms with Crippen molar-refractivity contribution in [2.75, 3.05) is 26.7 Å². The molecule has 1 N–H and O–H groups in total. The molecule has 152 valence electrons. The van der Waals surface area contributed by atoms with Gasteiger partial charge in [0.05, 0.1) is 24.8 Å². The van der Waals surface area contributed by atoms with Crippen LogP contribution in [0, 0.1) is 11.3 Å². The van der Waals surface area contributed by atoms with Crippen LogP contribution in [0.5, 0.6) is 5.75 Å². The number of benzene rings is 2. The molecule has 1 atom stereocenters. The molecule has 1 heterocycles. The zero-order valence-corrected chi connectivity index (χ0v) is 17.1. The summed E-state index contributed by atoms with van der Waals surface area (Å²) in [7, 11) is 1.67. The van der Waals surface area contributed by atoms with Crippen LogP contribution in [0.3, 0.4) is 0 Å². The van der Waals surface area contributed by atoms with Crippen molar-refractivity contribution in [1.82, 2.24) is 10.2 Å². The van der Waals surface area contributed by atoms with Gasteiger partial charge in [-0.3, -0.25) is 9.69 Å². The summed E-state index contributed by atoms with van der Waals surface area (Å²) in [5.74, 6) is 0.905. The maximum Gasteiger partial charge on any atom is 0.220 e. The lowest BCUT2D eigenvalue weighted by Crippen LogP contribution is -2.40. The molecule has 1 aliphatic heterocycles. The van der Waals surface area contributed by atoms with Crippen LogP contribution in [0.4, 0.5) is 0 Å². The average molecular weight is 392 g/mol. The van der Waals surface area contributed by atoms with Gasteiger partial charge >= 0.3 is 0 Å². The van der Waals surface area contributed by atoms with Gasteiger partial charge in [0.25, 0.3) is 0 Å². The SMILES string of the molecule is COc1ccc(C(CNC(=O)CCc2ccc(C#N)cc2)N2CCCCC2)cc1. The molecule has 5 nitrogen and oxygen atoms in total. The Balaban J connectivity index is 1.57. The fourth-order valence-corrected chi connectivity index (χ4v) is 3.82. The quantitative estimate of drug-likeness (QED) is 0.742. The molecule has 0 radical (unpaired) electrons. The van der Waals surface area contributed by atoms with Gasteiger partial charge in [-0.1, -0.05) is 30.7 Å². The van der Waals surface area contributed by atoms with Crippen molar-refractivity contribution < 1.29 is 9.53 Å². The Morgan fingerprint density at radius 3 is 2.41 bits per heavy atom. The lowest BCUT2D eigenvalue weighted by Gasteiger charge is -2.35. The van der Waals surface area contributed by atoms with E-state index in [9.17, 15) is 4.79 Å². The number of amides is 1. The van der Waals surface area contributed by atoms with Gasteiger partial charge in [0.2, 0.25) is 5.91 Å². The van der Waals surface area contributed by atoms with E-state index in [0.29, 0.717) is 24.9 Å². The fourth-order valence-electron chi connectivity index (χ4n) is 3.82. The number of nitrogens with zero attached hydrogens (tertiary/aromatic N) is 2. The zero-order valence-electron chi connectivity index (χ0n) is 17.1. The Morgan fingerprint density at radius 1 is 1.10 bits per heavy atom. The van der Waals surface area contributed by atoms with Crippen molar-refractivity contribution in [3.8, 4) is 11.8 Å². The molecule has 1 fully saturated rings. The molecule has 0 aromatic heterocycles. The predicted molar refractivity (Wildman–Crippen MR) is 114 cm³/mol. The Kier molecular flexibility index (Phi) is 7.66. The van der Waals surface area contributed by atoms with Crippen molar-refractivity contribution >= 4 is 5.91 Å². The summed E-state index contributed by atoms with van der Waals surface area (Å²) in [4.78, 5) is 14.9. The molecule has 0 spiro atoms. The van der Waals surface area contributed by atoms with E-state index in [0.717, 1.165) is 24.4 Å². The van der Waals surface area contributed by atoms with Crippen LogP contribution in [0.2, 0.25) is 0 Å². The number of carbonyl (C=O) groups excluding carboxylic acids is 1. The highest BCUT2D eigenvalue weighted by Gasteiger charge is 2.23. The third-order valence-corrected chi connectivity index (χ3v) is 5.55. The molecule has 1 saturated heterocycles. The number of nitriles is 1. The molecule has 0 aliphatic carbocycles. The van der Waals surface area contributed by atoms with E-state index in [1.807, 2.05) is 24.3 Å². The molecule has 2 aromatic carbocycles. The first-order valence-corrected chi connectivity index (χ1v) is 10.3. The summed E-state index contributed by atoms with van der Waals surface area (Å²) >= 11 is 0. The Bertz CT molecular complexity index is 819. The number of hydrogen-bond acceptors (Lipinski definition) is 4. The van der Waals surface area contributed by atoms with E-state index in [1.54, 1.807) is 19.2 Å². The molecule has 0 saturated carbocycles. The summed E-state index contributed by atoms with van der Waals surface area (Å²) in [6.45, 7) is 2.74. The number of piperidine rings is 1. The van der Waals surface area contributed by atoms with Crippen LogP contribution in [-0.2, 0) is 11.2 Å². The molecular weight excluding hydrogens is 362 g/mol. The van der Waals surface area contributed by atoms with Gasteiger partial charge in [0.15, 0.2) is 0 Å². The van der Waals surface area contributed by atoms with Gasteiger partial charge in [0, 0.05) is 13.0 Å². The number of likely N-dealkylation sites (tertiary alicyclic amines) is 1. The maximum absolute atomic E-state index is 12.5. The number of hydrogen-bond donors (Lipinski definition) is 1. The van der Waals surface area contributed by atoms with E-state index >= 15 is 0 Å². The third kappa shape index (κ3) is 6.07. The fraction of sp³-hybridized carbons (Fsp3) is 0.417. The largest absolute Gasteiger partial charge is 0.497 e. The van der Waals surface area contributed by atoms with Gasteiger partial charge in [-0.2, -0.15) is 5.26 Å². The predicted octanol–water partition coefficient (Wildman–Crippen LogP) is 3.84. The molecule has 1 amide bonds. The van der Waals surface area contributed by atoms with Gasteiger partial charge in [-0.25, -0.2) is 0 Å². The van der Waals surface area contributed by atoms with Gasteiger partial charge in [0.1, 0.15) is 5.75 Å². The molecule has 0 bridgehead atoms. The topological polar surface area (TPSA) is 65.4 Å². The minimum absolute atomic E-state index is 0.0601. The first-order chi connectivity index (χ1) is 14.2. The number of rotatable bonds is 8. The summed E-state index contributed by atoms with van der Waals surface area (Å²) in [5, 5.41) is 12.0. The first-order valence-electron chi connectivity index (χ1n) is 10.3. The average Bonchev–Trinajstić information content (AvgIpc) is 2.79. The van der Waals surface area contributed by atoms with Gasteiger partial charge < -0.3 is 10.1 Å². The van der Waals surface area contributed by atoms with Crippen LogP contribution >= 0.6 is 0 Å². The second-order valence-electron chi connectivity index (χ2n) is 7.50. The molecule has 3 rings (SSSR count). The van der Waals surface area contributed by atoms with Crippen molar-refractivity contribution in [2.24, 2.45) is 0 Å². The molecule has 5 heteroatoms. The number of aryl methyl sites for hydroxylation is 1. The zero-order chi connectivity index (χ0) is 20.5. The van der Waals surface area contributed by atoms with Crippen molar-refractivity contribution in [2.45, 2.75) is 38.1 Å². The highest BCUT2D eigenvalue weighted by Crippen LogP contribution is 2.26. The first kappa shape index (κ1) is 20.9. The van der Waals surface area contributed by atoms with Crippen LogP contribution in [0.25, 0.3) is 0 Å². The van der Waals surface area contributed by atoms with Crippen molar-refractivity contribution in [3.63, 3.8) is 0 Å². The number of methoxy groups -OCH3 is 1. The van der Waals surface area contributed by atoms with E-state index in [1.165, 1.54) is 24.8 Å². The minimum Gasteiger partial charge on any atom is -0.497 e. The standard InChI is InChI=1S/C24H29N3O2/c1-29-22-12-10-21(11-13-22)23(27-15-3-2-4-16-27)18-26-24(28)14-9-19-5-7-20(17-25)8-6-19/h5-8,10-13,23H,2-4,9,14-16,18H2,1H3,(H,26,28). The molecular formula is C24H29N3O2. The summed E-state index contributed by atoms with van der Waals surface area (Å²) in [5.41, 5.74) is 2.92. The Labute approximate surface area is 173 Å². The Morgan fingerprint density at radius 2 is 1.79 bits per heavy atom. The minimum atomic E-state index is 0.0601. The smallest absolute Gasteiger partial charge is 0.220 e. The van der Waals surface area contributed by atoms with E-state index in [2.05, 4.69) is 28.4 Å². The second kappa shape index (κ2) is 10.6. The lowest BCUT2D eigenvalue weighted by atomic mass is 10.0. The van der Waals surface area contributed by atoms with Crippen LogP contribution in [0.15, 0.2) is 48.5 Å². The normalized spacial score (nSPS) is 15.3. The lowest BCUT2D eigenvalue weighted by molar-refractivity contribution is -0.121. The van der Waals surface area contributed by atoms with Crippen LogP contribution in [-0.4, -0.2) is 37.6 Å². The monoisotopic (exact) mass is 391 g/mol. The number of carbonyl (C=O) groups is 1. The van der Waals surface area contributed by atoms with Gasteiger partial charge in [-0.15, -0.1) is 0 Å². The molecule has 2 aromatic rings. The van der Waals surface area contributed by atoms with Crippen LogP contribution < -0.4 is 10.1 Å². The Hall–Kier alpha value is -2.84. The molecule has 29 heavy (non-hydrogen) atoms. The summed E-state index contributed by atoms with van der Waals surface area (Å²) in [6.07, 6.45) is 4.82. The van der Waals surface area contributed by atoms with E-state index in [-0.39, 0.29) is 11.9 Å². The molecule has 1 unspecified atom stereocenters. The van der Waals surface area contributed by atoms with Gasteiger partial charge in [-0.05, 0) is 67.7 Å². The van der Waals surface area contributed by atoms with Crippen molar-refractivity contribution in [3.05, 3.63) is 65.2 Å². The van der Waals surface area contributed by atoms with Crippen LogP contribution in [0.1, 0.15) is 48.4 Å². The maximum atomic E-state index is 12.5. The highest BCUT2D eigenvalue weighted by atomic mass is 16.5. The third-order valence-electron chi connectivity index (χ3n) is 5.55.